The van der Waals surface area contributed by atoms with Crippen molar-refractivity contribution >= 4 is 11.0 Å². The maximum atomic E-state index is 5.83. The fourth-order valence-corrected chi connectivity index (χ4v) is 2.05. The standard InChI is InChI=1S/C13H13N3O/c14-7-11-10-3-1-2-4-12(10)17-13(11)8-16-6-5-15-9-16/h1-6,9H,7-8,14H2. The molecule has 0 saturated carbocycles. The zero-order valence-electron chi connectivity index (χ0n) is 9.34. The number of nitrogens with zero attached hydrogens (tertiary/aromatic N) is 2. The van der Waals surface area contributed by atoms with Crippen LogP contribution in [0.5, 0.6) is 0 Å². The van der Waals surface area contributed by atoms with Gasteiger partial charge >= 0.3 is 0 Å². The van der Waals surface area contributed by atoms with Gasteiger partial charge in [0.15, 0.2) is 0 Å². The zero-order chi connectivity index (χ0) is 11.7. The van der Waals surface area contributed by atoms with Gasteiger partial charge in [0, 0.05) is 29.9 Å². The molecule has 0 atom stereocenters. The highest BCUT2D eigenvalue weighted by Gasteiger charge is 2.12. The summed E-state index contributed by atoms with van der Waals surface area (Å²) in [4.78, 5) is 4.02. The van der Waals surface area contributed by atoms with Gasteiger partial charge in [0.05, 0.1) is 12.9 Å². The van der Waals surface area contributed by atoms with Crippen LogP contribution in [0, 0.1) is 0 Å². The van der Waals surface area contributed by atoms with Crippen molar-refractivity contribution < 1.29 is 4.42 Å². The molecule has 0 saturated heterocycles. The first-order chi connectivity index (χ1) is 8.38. The first kappa shape index (κ1) is 10.1. The molecule has 0 amide bonds. The molecule has 0 aliphatic rings. The number of fused-ring (bicyclic) bond motifs is 1. The molecular formula is C13H13N3O. The Morgan fingerprint density at radius 3 is 2.94 bits per heavy atom. The molecule has 0 unspecified atom stereocenters. The molecule has 0 radical (unpaired) electrons. The molecule has 0 fully saturated rings. The number of hydrogen-bond donors (Lipinski definition) is 1. The van der Waals surface area contributed by atoms with Crippen LogP contribution in [0.1, 0.15) is 11.3 Å². The molecule has 3 rings (SSSR count). The molecule has 4 nitrogen and oxygen atoms in total. The van der Waals surface area contributed by atoms with Gasteiger partial charge < -0.3 is 14.7 Å². The molecule has 2 N–H and O–H groups in total. The molecule has 0 aliphatic heterocycles. The van der Waals surface area contributed by atoms with Crippen molar-refractivity contribution in [2.75, 3.05) is 0 Å². The van der Waals surface area contributed by atoms with E-state index in [0.717, 1.165) is 22.3 Å². The van der Waals surface area contributed by atoms with E-state index in [2.05, 4.69) is 4.98 Å². The van der Waals surface area contributed by atoms with Crippen molar-refractivity contribution in [2.45, 2.75) is 13.1 Å². The van der Waals surface area contributed by atoms with Gasteiger partial charge in [-0.2, -0.15) is 0 Å². The van der Waals surface area contributed by atoms with E-state index < -0.39 is 0 Å². The third kappa shape index (κ3) is 1.72. The van der Waals surface area contributed by atoms with Crippen LogP contribution in [0.15, 0.2) is 47.4 Å². The fraction of sp³-hybridized carbons (Fsp3) is 0.154. The van der Waals surface area contributed by atoms with E-state index in [4.69, 9.17) is 10.2 Å². The minimum absolute atomic E-state index is 0.487. The molecule has 3 aromatic rings. The number of rotatable bonds is 3. The number of aromatic nitrogens is 2. The van der Waals surface area contributed by atoms with Crippen LogP contribution >= 0.6 is 0 Å². The van der Waals surface area contributed by atoms with Crippen LogP contribution in [0.25, 0.3) is 11.0 Å². The Morgan fingerprint density at radius 2 is 2.18 bits per heavy atom. The molecule has 86 valence electrons. The molecule has 2 heterocycles. The van der Waals surface area contributed by atoms with E-state index in [9.17, 15) is 0 Å². The third-order valence-corrected chi connectivity index (χ3v) is 2.87. The second-order valence-corrected chi connectivity index (χ2v) is 3.94. The summed E-state index contributed by atoms with van der Waals surface area (Å²) >= 11 is 0. The molecule has 4 heteroatoms. The van der Waals surface area contributed by atoms with Crippen LogP contribution in [0.3, 0.4) is 0 Å². The minimum Gasteiger partial charge on any atom is -0.459 e. The van der Waals surface area contributed by atoms with E-state index >= 15 is 0 Å². The first-order valence-electron chi connectivity index (χ1n) is 5.53. The predicted molar refractivity (Wildman–Crippen MR) is 65.4 cm³/mol. The van der Waals surface area contributed by atoms with Crippen molar-refractivity contribution in [1.29, 1.82) is 0 Å². The quantitative estimate of drug-likeness (QED) is 0.745. The molecule has 0 spiro atoms. The van der Waals surface area contributed by atoms with Crippen molar-refractivity contribution in [3.05, 3.63) is 54.3 Å². The van der Waals surface area contributed by atoms with Crippen LogP contribution in [0.4, 0.5) is 0 Å². The second-order valence-electron chi connectivity index (χ2n) is 3.94. The third-order valence-electron chi connectivity index (χ3n) is 2.87. The number of benzene rings is 1. The number of para-hydroxylation sites is 1. The fourth-order valence-electron chi connectivity index (χ4n) is 2.05. The minimum atomic E-state index is 0.487. The molecule has 0 aliphatic carbocycles. The number of furan rings is 1. The summed E-state index contributed by atoms with van der Waals surface area (Å²) in [6.07, 6.45) is 5.44. The van der Waals surface area contributed by atoms with Gasteiger partial charge in [0.2, 0.25) is 0 Å². The molecule has 1 aromatic carbocycles. The summed E-state index contributed by atoms with van der Waals surface area (Å²) in [6, 6.07) is 7.97. The summed E-state index contributed by atoms with van der Waals surface area (Å²) < 4.78 is 7.80. The Morgan fingerprint density at radius 1 is 1.29 bits per heavy atom. The first-order valence-corrected chi connectivity index (χ1v) is 5.53. The van der Waals surface area contributed by atoms with Gasteiger partial charge in [-0.25, -0.2) is 4.98 Å². The maximum Gasteiger partial charge on any atom is 0.134 e. The van der Waals surface area contributed by atoms with E-state index in [1.54, 1.807) is 12.5 Å². The average molecular weight is 227 g/mol. The monoisotopic (exact) mass is 227 g/mol. The largest absolute Gasteiger partial charge is 0.459 e. The van der Waals surface area contributed by atoms with Crippen molar-refractivity contribution in [3.63, 3.8) is 0 Å². The number of nitrogens with two attached hydrogens (primary N) is 1. The summed E-state index contributed by atoms with van der Waals surface area (Å²) in [5.74, 6) is 0.909. The average Bonchev–Trinajstić information content (AvgIpc) is 2.96. The molecule has 2 aromatic heterocycles. The van der Waals surface area contributed by atoms with E-state index in [0.29, 0.717) is 13.1 Å². The summed E-state index contributed by atoms with van der Waals surface area (Å²) in [5, 5.41) is 1.10. The highest BCUT2D eigenvalue weighted by atomic mass is 16.3. The number of imidazole rings is 1. The Balaban J connectivity index is 2.09. The normalized spacial score (nSPS) is 11.1. The van der Waals surface area contributed by atoms with Gasteiger partial charge in [-0.15, -0.1) is 0 Å². The van der Waals surface area contributed by atoms with Crippen molar-refractivity contribution in [1.82, 2.24) is 9.55 Å². The van der Waals surface area contributed by atoms with E-state index in [1.165, 1.54) is 0 Å². The maximum absolute atomic E-state index is 5.83. The van der Waals surface area contributed by atoms with Crippen molar-refractivity contribution in [2.24, 2.45) is 5.73 Å². The van der Waals surface area contributed by atoms with E-state index in [1.807, 2.05) is 35.0 Å². The Labute approximate surface area is 98.7 Å². The Hall–Kier alpha value is -2.07. The van der Waals surface area contributed by atoms with Gasteiger partial charge in [0.1, 0.15) is 11.3 Å². The Bertz CT molecular complexity index is 625. The van der Waals surface area contributed by atoms with Gasteiger partial charge in [-0.05, 0) is 6.07 Å². The van der Waals surface area contributed by atoms with Crippen LogP contribution < -0.4 is 5.73 Å². The summed E-state index contributed by atoms with van der Waals surface area (Å²) in [6.45, 7) is 1.16. The van der Waals surface area contributed by atoms with Crippen LogP contribution in [-0.4, -0.2) is 9.55 Å². The molecule has 0 bridgehead atoms. The number of hydrogen-bond acceptors (Lipinski definition) is 3. The second kappa shape index (κ2) is 4.07. The lowest BCUT2D eigenvalue weighted by molar-refractivity contribution is 0.521. The predicted octanol–water partition coefficient (Wildman–Crippen LogP) is 2.14. The lowest BCUT2D eigenvalue weighted by Gasteiger charge is -2.01. The van der Waals surface area contributed by atoms with Gasteiger partial charge in [0.25, 0.3) is 0 Å². The van der Waals surface area contributed by atoms with Gasteiger partial charge in [-0.1, -0.05) is 18.2 Å². The van der Waals surface area contributed by atoms with Crippen molar-refractivity contribution in [3.8, 4) is 0 Å². The highest BCUT2D eigenvalue weighted by molar-refractivity contribution is 5.82. The lowest BCUT2D eigenvalue weighted by Crippen LogP contribution is -2.02. The molecular weight excluding hydrogens is 214 g/mol. The Kier molecular flexibility index (Phi) is 2.42. The van der Waals surface area contributed by atoms with Crippen LogP contribution in [0.2, 0.25) is 0 Å². The van der Waals surface area contributed by atoms with Gasteiger partial charge in [-0.3, -0.25) is 0 Å². The van der Waals surface area contributed by atoms with E-state index in [-0.39, 0.29) is 0 Å². The topological polar surface area (TPSA) is 57.0 Å². The SMILES string of the molecule is NCc1c(Cn2ccnc2)oc2ccccc12. The summed E-state index contributed by atoms with van der Waals surface area (Å²) in [7, 11) is 0. The zero-order valence-corrected chi connectivity index (χ0v) is 9.34. The highest BCUT2D eigenvalue weighted by Crippen LogP contribution is 2.25. The summed E-state index contributed by atoms with van der Waals surface area (Å²) in [5.41, 5.74) is 7.78. The van der Waals surface area contributed by atoms with Crippen LogP contribution in [-0.2, 0) is 13.1 Å². The molecule has 17 heavy (non-hydrogen) atoms. The lowest BCUT2D eigenvalue weighted by atomic mass is 10.1. The smallest absolute Gasteiger partial charge is 0.134 e.